The molecule has 1 aliphatic rings. The van der Waals surface area contributed by atoms with Crippen molar-refractivity contribution in [1.82, 2.24) is 15.6 Å². The predicted octanol–water partition coefficient (Wildman–Crippen LogP) is 2.52. The Bertz CT molecular complexity index is 688. The summed E-state index contributed by atoms with van der Waals surface area (Å²) in [5.41, 5.74) is 0.877. The molecule has 2 heterocycles. The molecule has 7 heteroatoms. The van der Waals surface area contributed by atoms with Gasteiger partial charge in [0.05, 0.1) is 18.8 Å². The molecule has 5 nitrogen and oxygen atoms in total. The summed E-state index contributed by atoms with van der Waals surface area (Å²) in [6.07, 6.45) is 1.09. The van der Waals surface area contributed by atoms with Gasteiger partial charge in [-0.2, -0.15) is 0 Å². The molecule has 2 unspecified atom stereocenters. The Morgan fingerprint density at radius 2 is 2.17 bits per heavy atom. The van der Waals surface area contributed by atoms with E-state index in [-0.39, 0.29) is 0 Å². The zero-order valence-corrected chi connectivity index (χ0v) is 12.6. The third-order valence-electron chi connectivity index (χ3n) is 3.74. The van der Waals surface area contributed by atoms with Gasteiger partial charge in [-0.25, -0.2) is 13.8 Å². The van der Waals surface area contributed by atoms with Gasteiger partial charge in [0, 0.05) is 12.0 Å². The first-order valence-electron chi connectivity index (χ1n) is 7.37. The van der Waals surface area contributed by atoms with E-state index in [9.17, 15) is 13.6 Å². The predicted molar refractivity (Wildman–Crippen MR) is 79.9 cm³/mol. The average molecular weight is 321 g/mol. The number of alkyl halides is 2. The smallest absolute Gasteiger partial charge is 0.262 e. The maximum atomic E-state index is 13.1. The van der Waals surface area contributed by atoms with E-state index in [0.29, 0.717) is 11.7 Å². The number of hydrogen-bond acceptors (Lipinski definition) is 4. The molecule has 0 spiro atoms. The number of benzene rings is 1. The Labute approximate surface area is 132 Å². The molecule has 0 bridgehead atoms. The number of nitrogens with one attached hydrogen (secondary N) is 2. The van der Waals surface area contributed by atoms with Gasteiger partial charge in [-0.05, 0) is 6.92 Å². The van der Waals surface area contributed by atoms with E-state index < -0.39 is 36.9 Å². The molecule has 1 aliphatic heterocycles. The first-order chi connectivity index (χ1) is 10.9. The van der Waals surface area contributed by atoms with E-state index in [1.165, 1.54) is 0 Å². The van der Waals surface area contributed by atoms with Crippen molar-refractivity contribution in [1.29, 1.82) is 0 Å². The molecule has 122 valence electrons. The minimum atomic E-state index is -2.84. The van der Waals surface area contributed by atoms with Gasteiger partial charge in [-0.3, -0.25) is 10.1 Å². The van der Waals surface area contributed by atoms with Gasteiger partial charge in [-0.1, -0.05) is 30.3 Å². The lowest BCUT2D eigenvalue weighted by Gasteiger charge is -2.14. The maximum Gasteiger partial charge on any atom is 0.262 e. The molecule has 2 aromatic rings. The van der Waals surface area contributed by atoms with Crippen LogP contribution >= 0.6 is 0 Å². The molecule has 1 fully saturated rings. The van der Waals surface area contributed by atoms with Crippen molar-refractivity contribution in [3.05, 3.63) is 42.4 Å². The summed E-state index contributed by atoms with van der Waals surface area (Å²) in [6, 6.07) is 8.04. The topological polar surface area (TPSA) is 67.2 Å². The molecule has 0 radical (unpaired) electrons. The van der Waals surface area contributed by atoms with Gasteiger partial charge in [0.25, 0.3) is 5.92 Å². The number of halogens is 2. The number of hydrogen-bond donors (Lipinski definition) is 2. The normalized spacial score (nSPS) is 21.1. The van der Waals surface area contributed by atoms with E-state index >= 15 is 0 Å². The van der Waals surface area contributed by atoms with Gasteiger partial charge in [0.15, 0.2) is 5.76 Å². The highest BCUT2D eigenvalue weighted by molar-refractivity contribution is 5.82. The maximum absolute atomic E-state index is 13.1. The quantitative estimate of drug-likeness (QED) is 0.908. The second kappa shape index (κ2) is 6.08. The summed E-state index contributed by atoms with van der Waals surface area (Å²) in [5.74, 6) is -2.39. The molecule has 0 saturated carbocycles. The second-order valence-corrected chi connectivity index (χ2v) is 5.65. The van der Waals surface area contributed by atoms with Crippen LogP contribution in [0.3, 0.4) is 0 Å². The Morgan fingerprint density at radius 1 is 1.43 bits per heavy atom. The zero-order valence-electron chi connectivity index (χ0n) is 12.6. The number of oxazole rings is 1. The average Bonchev–Trinajstić information content (AvgIpc) is 3.15. The Balaban J connectivity index is 1.64. The molecule has 1 amide bonds. The Kier molecular flexibility index (Phi) is 4.12. The van der Waals surface area contributed by atoms with Gasteiger partial charge in [0.2, 0.25) is 11.8 Å². The summed E-state index contributed by atoms with van der Waals surface area (Å²) in [4.78, 5) is 16.2. The fraction of sp³-hybridized carbons (Fsp3) is 0.375. The summed E-state index contributed by atoms with van der Waals surface area (Å²) in [7, 11) is 0. The van der Waals surface area contributed by atoms with Gasteiger partial charge >= 0.3 is 0 Å². The summed E-state index contributed by atoms with van der Waals surface area (Å²) >= 11 is 0. The van der Waals surface area contributed by atoms with Crippen molar-refractivity contribution in [2.24, 2.45) is 0 Å². The first-order valence-corrected chi connectivity index (χ1v) is 7.37. The fourth-order valence-electron chi connectivity index (χ4n) is 2.50. The standard InChI is InChI=1S/C16H17F2N3O2/c1-10(21-14(22)12-7-16(17,18)9-20-12)15-19-8-13(23-15)11-5-3-2-4-6-11/h2-6,8,10,12,20H,7,9H2,1H3,(H,21,22). The summed E-state index contributed by atoms with van der Waals surface area (Å²) < 4.78 is 31.9. The van der Waals surface area contributed by atoms with E-state index in [1.54, 1.807) is 13.1 Å². The highest BCUT2D eigenvalue weighted by atomic mass is 19.3. The number of aromatic nitrogens is 1. The molecule has 23 heavy (non-hydrogen) atoms. The first kappa shape index (κ1) is 15.6. The third-order valence-corrected chi connectivity index (χ3v) is 3.74. The highest BCUT2D eigenvalue weighted by Crippen LogP contribution is 2.26. The van der Waals surface area contributed by atoms with Crippen LogP contribution in [0, 0.1) is 0 Å². The second-order valence-electron chi connectivity index (χ2n) is 5.65. The molecular weight excluding hydrogens is 304 g/mol. The lowest BCUT2D eigenvalue weighted by Crippen LogP contribution is -2.41. The lowest BCUT2D eigenvalue weighted by molar-refractivity contribution is -0.124. The van der Waals surface area contributed by atoms with Crippen molar-refractivity contribution >= 4 is 5.91 Å². The minimum Gasteiger partial charge on any atom is -0.438 e. The molecule has 1 saturated heterocycles. The van der Waals surface area contributed by atoms with Gasteiger partial charge in [0.1, 0.15) is 6.04 Å². The summed E-state index contributed by atoms with van der Waals surface area (Å²) in [5, 5.41) is 5.17. The molecule has 2 N–H and O–H groups in total. The molecule has 1 aromatic heterocycles. The van der Waals surface area contributed by atoms with Crippen LogP contribution in [0.1, 0.15) is 25.3 Å². The highest BCUT2D eigenvalue weighted by Gasteiger charge is 2.42. The van der Waals surface area contributed by atoms with Crippen LogP contribution in [0.15, 0.2) is 40.9 Å². The number of rotatable bonds is 4. The fourth-order valence-corrected chi connectivity index (χ4v) is 2.50. The van der Waals surface area contributed by atoms with Crippen molar-refractivity contribution in [3.8, 4) is 11.3 Å². The van der Waals surface area contributed by atoms with Crippen LogP contribution in [0.2, 0.25) is 0 Å². The van der Waals surface area contributed by atoms with Crippen LogP contribution < -0.4 is 10.6 Å². The van der Waals surface area contributed by atoms with E-state index in [4.69, 9.17) is 4.42 Å². The van der Waals surface area contributed by atoms with E-state index in [2.05, 4.69) is 15.6 Å². The van der Waals surface area contributed by atoms with Crippen molar-refractivity contribution in [2.45, 2.75) is 31.4 Å². The minimum absolute atomic E-state index is 0.335. The van der Waals surface area contributed by atoms with Crippen LogP contribution in [0.4, 0.5) is 8.78 Å². The van der Waals surface area contributed by atoms with Crippen molar-refractivity contribution < 1.29 is 18.0 Å². The van der Waals surface area contributed by atoms with Crippen molar-refractivity contribution in [3.63, 3.8) is 0 Å². The Hall–Kier alpha value is -2.28. The van der Waals surface area contributed by atoms with Gasteiger partial charge < -0.3 is 9.73 Å². The van der Waals surface area contributed by atoms with E-state index in [0.717, 1.165) is 5.56 Å². The van der Waals surface area contributed by atoms with E-state index in [1.807, 2.05) is 30.3 Å². The molecule has 2 atom stereocenters. The molecule has 0 aliphatic carbocycles. The number of carbonyl (C=O) groups is 1. The lowest BCUT2D eigenvalue weighted by atomic mass is 10.1. The number of nitrogens with zero attached hydrogens (tertiary/aromatic N) is 1. The third kappa shape index (κ3) is 3.56. The van der Waals surface area contributed by atoms with Crippen LogP contribution in [0.25, 0.3) is 11.3 Å². The summed E-state index contributed by atoms with van der Waals surface area (Å²) in [6.45, 7) is 1.22. The SMILES string of the molecule is CC(NC(=O)C1CC(F)(F)CN1)c1ncc(-c2ccccc2)o1. The number of amides is 1. The van der Waals surface area contributed by atoms with Gasteiger partial charge in [-0.15, -0.1) is 0 Å². The largest absolute Gasteiger partial charge is 0.438 e. The van der Waals surface area contributed by atoms with Crippen LogP contribution in [0.5, 0.6) is 0 Å². The Morgan fingerprint density at radius 3 is 2.83 bits per heavy atom. The van der Waals surface area contributed by atoms with Crippen molar-refractivity contribution in [2.75, 3.05) is 6.54 Å². The molecular formula is C16H17F2N3O2. The zero-order chi connectivity index (χ0) is 16.4. The monoisotopic (exact) mass is 321 g/mol. The van der Waals surface area contributed by atoms with Crippen LogP contribution in [-0.2, 0) is 4.79 Å². The molecule has 3 rings (SSSR count). The van der Waals surface area contributed by atoms with Crippen LogP contribution in [-0.4, -0.2) is 29.4 Å². The number of carbonyl (C=O) groups excluding carboxylic acids is 1. The molecule has 1 aromatic carbocycles.